The molecule has 2 rings (SSSR count). The van der Waals surface area contributed by atoms with E-state index in [1.165, 1.54) is 7.11 Å². The molecule has 0 aliphatic rings. The SMILES string of the molecule is COc1ccc(/C(=N\C(=O)OCc2ccccc2)[C@@H](C)N(NC(=O)OC(C)C)C(=O)OC(C)C)cc1. The van der Waals surface area contributed by atoms with Crippen LogP contribution in [0.1, 0.15) is 45.7 Å². The number of rotatable bonds is 8. The molecule has 0 spiro atoms. The highest BCUT2D eigenvalue weighted by atomic mass is 16.6. The molecule has 0 radical (unpaired) electrons. The molecule has 10 nitrogen and oxygen atoms in total. The van der Waals surface area contributed by atoms with Crippen molar-refractivity contribution in [2.24, 2.45) is 4.99 Å². The number of ether oxygens (including phenoxy) is 4. The fraction of sp³-hybridized carbons (Fsp3) is 0.385. The summed E-state index contributed by atoms with van der Waals surface area (Å²) in [5.41, 5.74) is 3.84. The van der Waals surface area contributed by atoms with Gasteiger partial charge in [0.1, 0.15) is 12.4 Å². The van der Waals surface area contributed by atoms with Crippen molar-refractivity contribution in [1.29, 1.82) is 0 Å². The second-order valence-corrected chi connectivity index (χ2v) is 8.31. The second kappa shape index (κ2) is 13.7. The average Bonchev–Trinajstić information content (AvgIpc) is 2.84. The van der Waals surface area contributed by atoms with Gasteiger partial charge in [-0.05, 0) is 70.0 Å². The summed E-state index contributed by atoms with van der Waals surface area (Å²) in [4.78, 5) is 42.1. The van der Waals surface area contributed by atoms with Crippen LogP contribution in [0, 0.1) is 0 Å². The Hall–Kier alpha value is -4.08. The number of amides is 3. The number of carbonyl (C=O) groups excluding carboxylic acids is 3. The van der Waals surface area contributed by atoms with E-state index in [2.05, 4.69) is 10.4 Å². The summed E-state index contributed by atoms with van der Waals surface area (Å²) in [6, 6.07) is 14.9. The molecule has 0 fully saturated rings. The monoisotopic (exact) mass is 499 g/mol. The predicted molar refractivity (Wildman–Crippen MR) is 134 cm³/mol. The lowest BCUT2D eigenvalue weighted by molar-refractivity contribution is 0.0426. The van der Waals surface area contributed by atoms with Crippen molar-refractivity contribution < 1.29 is 33.3 Å². The number of hydrogen-bond acceptors (Lipinski definition) is 7. The maximum atomic E-state index is 12.9. The van der Waals surface area contributed by atoms with E-state index in [-0.39, 0.29) is 12.3 Å². The molecule has 0 heterocycles. The van der Waals surface area contributed by atoms with Crippen LogP contribution in [0.4, 0.5) is 14.4 Å². The first-order chi connectivity index (χ1) is 17.1. The Morgan fingerprint density at radius 3 is 2.06 bits per heavy atom. The van der Waals surface area contributed by atoms with Gasteiger partial charge in [0.2, 0.25) is 0 Å². The highest BCUT2D eigenvalue weighted by molar-refractivity contribution is 6.09. The molecule has 2 aromatic carbocycles. The quantitative estimate of drug-likeness (QED) is 0.305. The van der Waals surface area contributed by atoms with Crippen LogP contribution in [-0.2, 0) is 20.8 Å². The minimum Gasteiger partial charge on any atom is -0.497 e. The van der Waals surface area contributed by atoms with Gasteiger partial charge in [0.05, 0.1) is 31.1 Å². The minimum atomic E-state index is -0.950. The number of nitrogens with one attached hydrogen (secondary N) is 1. The van der Waals surface area contributed by atoms with E-state index in [1.54, 1.807) is 58.9 Å². The minimum absolute atomic E-state index is 0.0194. The van der Waals surface area contributed by atoms with Crippen LogP contribution < -0.4 is 10.2 Å². The lowest BCUT2D eigenvalue weighted by atomic mass is 10.0. The summed E-state index contributed by atoms with van der Waals surface area (Å²) >= 11 is 0. The van der Waals surface area contributed by atoms with Gasteiger partial charge in [0.25, 0.3) is 0 Å². The van der Waals surface area contributed by atoms with Crippen LogP contribution in [0.3, 0.4) is 0 Å². The molecule has 3 amide bonds. The summed E-state index contributed by atoms with van der Waals surface area (Å²) in [5, 5.41) is 0.929. The highest BCUT2D eigenvalue weighted by Gasteiger charge is 2.30. The number of benzene rings is 2. The maximum absolute atomic E-state index is 12.9. The summed E-state index contributed by atoms with van der Waals surface area (Å²) in [7, 11) is 1.53. The summed E-state index contributed by atoms with van der Waals surface area (Å²) in [5.74, 6) is 0.590. The van der Waals surface area contributed by atoms with Crippen LogP contribution in [0.5, 0.6) is 5.75 Å². The Morgan fingerprint density at radius 1 is 0.889 bits per heavy atom. The molecule has 10 heteroatoms. The third-order valence-electron chi connectivity index (χ3n) is 4.67. The van der Waals surface area contributed by atoms with Crippen LogP contribution >= 0.6 is 0 Å². The fourth-order valence-corrected chi connectivity index (χ4v) is 3.03. The van der Waals surface area contributed by atoms with Crippen LogP contribution in [-0.4, -0.2) is 54.4 Å². The topological polar surface area (TPSA) is 116 Å². The zero-order chi connectivity index (χ0) is 26.7. The molecule has 0 bridgehead atoms. The number of carbonyl (C=O) groups is 3. The number of hydrogen-bond donors (Lipinski definition) is 1. The van der Waals surface area contributed by atoms with E-state index in [0.717, 1.165) is 10.6 Å². The number of aliphatic imine (C=N–C) groups is 1. The lowest BCUT2D eigenvalue weighted by Crippen LogP contribution is -2.55. The predicted octanol–water partition coefficient (Wildman–Crippen LogP) is 5.11. The molecular weight excluding hydrogens is 466 g/mol. The van der Waals surface area contributed by atoms with Gasteiger partial charge in [-0.2, -0.15) is 4.99 Å². The Kier molecular flexibility index (Phi) is 10.7. The van der Waals surface area contributed by atoms with Crippen LogP contribution in [0.2, 0.25) is 0 Å². The van der Waals surface area contributed by atoms with Crippen LogP contribution in [0.25, 0.3) is 0 Å². The first kappa shape index (κ1) is 28.2. The second-order valence-electron chi connectivity index (χ2n) is 8.31. The van der Waals surface area contributed by atoms with Gasteiger partial charge in [-0.15, -0.1) is 0 Å². The molecule has 1 atom stereocenters. The molecule has 0 aliphatic carbocycles. The zero-order valence-electron chi connectivity index (χ0n) is 21.4. The van der Waals surface area contributed by atoms with Crippen molar-refractivity contribution in [1.82, 2.24) is 10.4 Å². The van der Waals surface area contributed by atoms with E-state index in [0.29, 0.717) is 11.3 Å². The molecular formula is C26H33N3O7. The average molecular weight is 500 g/mol. The van der Waals surface area contributed by atoms with E-state index in [4.69, 9.17) is 18.9 Å². The molecule has 1 N–H and O–H groups in total. The molecule has 0 unspecified atom stereocenters. The number of methoxy groups -OCH3 is 1. The smallest absolute Gasteiger partial charge is 0.434 e. The van der Waals surface area contributed by atoms with Gasteiger partial charge < -0.3 is 18.9 Å². The van der Waals surface area contributed by atoms with Crippen molar-refractivity contribution in [3.05, 3.63) is 65.7 Å². The van der Waals surface area contributed by atoms with Gasteiger partial charge in [-0.3, -0.25) is 0 Å². The third kappa shape index (κ3) is 8.94. The Labute approximate surface area is 211 Å². The van der Waals surface area contributed by atoms with Crippen molar-refractivity contribution in [2.45, 2.75) is 59.5 Å². The molecule has 2 aromatic rings. The first-order valence-electron chi connectivity index (χ1n) is 11.5. The molecule has 194 valence electrons. The van der Waals surface area contributed by atoms with Gasteiger partial charge in [-0.1, -0.05) is 30.3 Å². The molecule has 0 aliphatic heterocycles. The highest BCUT2D eigenvalue weighted by Crippen LogP contribution is 2.17. The molecule has 0 aromatic heterocycles. The Balaban J connectivity index is 2.40. The number of hydrazine groups is 1. The lowest BCUT2D eigenvalue weighted by Gasteiger charge is -2.30. The standard InChI is InChI=1S/C26H33N3O7/c1-17(2)35-25(31)28-29(26(32)36-18(3)4)19(5)23(21-12-14-22(33-6)15-13-21)27-24(30)34-16-20-10-8-7-9-11-20/h7-15,17-19H,16H2,1-6H3,(H,28,31)/b27-23-/t19-/m1/s1. The van der Waals surface area contributed by atoms with E-state index >= 15 is 0 Å². The normalized spacial score (nSPS) is 12.1. The van der Waals surface area contributed by atoms with Crippen LogP contribution in [0.15, 0.2) is 59.6 Å². The largest absolute Gasteiger partial charge is 0.497 e. The maximum Gasteiger partial charge on any atom is 0.434 e. The van der Waals surface area contributed by atoms with Gasteiger partial charge in [-0.25, -0.2) is 24.8 Å². The molecule has 0 saturated carbocycles. The van der Waals surface area contributed by atoms with E-state index < -0.39 is 36.5 Å². The summed E-state index contributed by atoms with van der Waals surface area (Å²) in [6.07, 6.45) is -3.47. The van der Waals surface area contributed by atoms with Gasteiger partial charge >= 0.3 is 18.3 Å². The van der Waals surface area contributed by atoms with E-state index in [1.807, 2.05) is 30.3 Å². The number of nitrogens with zero attached hydrogens (tertiary/aromatic N) is 2. The van der Waals surface area contributed by atoms with Gasteiger partial charge in [0.15, 0.2) is 0 Å². The Morgan fingerprint density at radius 2 is 1.50 bits per heavy atom. The van der Waals surface area contributed by atoms with Crippen molar-refractivity contribution in [3.63, 3.8) is 0 Å². The summed E-state index contributed by atoms with van der Waals surface area (Å²) < 4.78 is 20.9. The van der Waals surface area contributed by atoms with Gasteiger partial charge in [0, 0.05) is 0 Å². The molecule has 36 heavy (non-hydrogen) atoms. The summed E-state index contributed by atoms with van der Waals surface area (Å²) in [6.45, 7) is 8.30. The first-order valence-corrected chi connectivity index (χ1v) is 11.5. The van der Waals surface area contributed by atoms with Crippen molar-refractivity contribution in [3.8, 4) is 5.75 Å². The van der Waals surface area contributed by atoms with Crippen molar-refractivity contribution in [2.75, 3.05) is 7.11 Å². The van der Waals surface area contributed by atoms with Crippen molar-refractivity contribution >= 4 is 24.0 Å². The van der Waals surface area contributed by atoms with E-state index in [9.17, 15) is 14.4 Å². The Bertz CT molecular complexity index is 1040. The zero-order valence-corrected chi connectivity index (χ0v) is 21.4. The third-order valence-corrected chi connectivity index (χ3v) is 4.67. The fourth-order valence-electron chi connectivity index (χ4n) is 3.03. The molecule has 0 saturated heterocycles.